The number of carbonyl (C=O) groups excluding carboxylic acids is 2. The summed E-state index contributed by atoms with van der Waals surface area (Å²) in [6.07, 6.45) is 0. The van der Waals surface area contributed by atoms with Crippen LogP contribution in [0.4, 0.5) is 5.69 Å². The van der Waals surface area contributed by atoms with Crippen LogP contribution in [0.2, 0.25) is 0 Å². The molecule has 1 fully saturated rings. The molecule has 29 heavy (non-hydrogen) atoms. The first kappa shape index (κ1) is 19.4. The van der Waals surface area contributed by atoms with Gasteiger partial charge in [0.25, 0.3) is 11.8 Å². The van der Waals surface area contributed by atoms with E-state index in [0.29, 0.717) is 17.7 Å². The quantitative estimate of drug-likeness (QED) is 0.580. The van der Waals surface area contributed by atoms with Gasteiger partial charge in [-0.1, -0.05) is 30.4 Å². The summed E-state index contributed by atoms with van der Waals surface area (Å²) in [5.74, 6) is -0.413. The van der Waals surface area contributed by atoms with E-state index < -0.39 is 0 Å². The number of imide groups is 1. The third kappa shape index (κ3) is 3.96. The largest absolute Gasteiger partial charge is 0.369 e. The maximum Gasteiger partial charge on any atom is 0.261 e. The number of amides is 2. The van der Waals surface area contributed by atoms with Gasteiger partial charge in [-0.3, -0.25) is 19.4 Å². The lowest BCUT2D eigenvalue weighted by molar-refractivity contribution is 0.0642. The van der Waals surface area contributed by atoms with Gasteiger partial charge in [0.2, 0.25) is 0 Å². The van der Waals surface area contributed by atoms with Gasteiger partial charge in [0.1, 0.15) is 0 Å². The Bertz CT molecular complexity index is 939. The van der Waals surface area contributed by atoms with E-state index in [4.69, 9.17) is 0 Å². The Kier molecular flexibility index (Phi) is 5.24. The van der Waals surface area contributed by atoms with Gasteiger partial charge in [-0.25, -0.2) is 0 Å². The van der Waals surface area contributed by atoms with Gasteiger partial charge in [0.15, 0.2) is 0 Å². The van der Waals surface area contributed by atoms with Crippen LogP contribution in [0.25, 0.3) is 0 Å². The van der Waals surface area contributed by atoms with E-state index in [1.165, 1.54) is 10.5 Å². The van der Waals surface area contributed by atoms with Crippen LogP contribution < -0.4 is 4.90 Å². The SMILES string of the molecule is C=C(C)CN1CCN(c2cc(C)cc(CN3C(=O)c4ccccc4C3=O)c2)CC1. The molecule has 2 amide bonds. The Hall–Kier alpha value is -2.92. The number of rotatable bonds is 5. The van der Waals surface area contributed by atoms with E-state index in [0.717, 1.165) is 49.5 Å². The first-order valence-corrected chi connectivity index (χ1v) is 10.1. The fraction of sp³-hybridized carbons (Fsp3) is 0.333. The van der Waals surface area contributed by atoms with E-state index in [9.17, 15) is 9.59 Å². The number of anilines is 1. The third-order valence-corrected chi connectivity index (χ3v) is 5.57. The second-order valence-corrected chi connectivity index (χ2v) is 8.14. The molecule has 0 saturated carbocycles. The van der Waals surface area contributed by atoms with Crippen LogP contribution in [0.1, 0.15) is 38.8 Å². The first-order chi connectivity index (χ1) is 13.9. The van der Waals surface area contributed by atoms with Crippen molar-refractivity contribution in [2.75, 3.05) is 37.6 Å². The second-order valence-electron chi connectivity index (χ2n) is 8.14. The van der Waals surface area contributed by atoms with Crippen molar-refractivity contribution < 1.29 is 9.59 Å². The van der Waals surface area contributed by atoms with Crippen LogP contribution in [-0.2, 0) is 6.54 Å². The minimum Gasteiger partial charge on any atom is -0.369 e. The summed E-state index contributed by atoms with van der Waals surface area (Å²) in [4.78, 5) is 31.5. The Labute approximate surface area is 172 Å². The predicted octanol–water partition coefficient (Wildman–Crippen LogP) is 3.49. The molecule has 2 aromatic carbocycles. The third-order valence-electron chi connectivity index (χ3n) is 5.57. The molecule has 0 radical (unpaired) electrons. The average Bonchev–Trinajstić information content (AvgIpc) is 2.93. The highest BCUT2D eigenvalue weighted by atomic mass is 16.2. The molecule has 5 heteroatoms. The molecule has 2 aliphatic rings. The predicted molar refractivity (Wildman–Crippen MR) is 115 cm³/mol. The molecular formula is C24H27N3O2. The number of fused-ring (bicyclic) bond motifs is 1. The number of nitrogens with zero attached hydrogens (tertiary/aromatic N) is 3. The molecule has 2 aromatic rings. The molecule has 1 saturated heterocycles. The molecule has 2 aliphatic heterocycles. The fourth-order valence-electron chi connectivity index (χ4n) is 4.23. The van der Waals surface area contributed by atoms with E-state index in [2.05, 4.69) is 48.4 Å². The van der Waals surface area contributed by atoms with Gasteiger partial charge in [-0.05, 0) is 49.2 Å². The highest BCUT2D eigenvalue weighted by molar-refractivity contribution is 6.21. The lowest BCUT2D eigenvalue weighted by Gasteiger charge is -2.36. The molecule has 150 valence electrons. The maximum absolute atomic E-state index is 12.7. The summed E-state index contributed by atoms with van der Waals surface area (Å²) < 4.78 is 0. The number of benzene rings is 2. The minimum atomic E-state index is -0.206. The van der Waals surface area contributed by atoms with Gasteiger partial charge in [0.05, 0.1) is 17.7 Å². The van der Waals surface area contributed by atoms with Crippen LogP contribution in [0.15, 0.2) is 54.6 Å². The first-order valence-electron chi connectivity index (χ1n) is 10.1. The normalized spacial score (nSPS) is 17.0. The van der Waals surface area contributed by atoms with Crippen LogP contribution in [0, 0.1) is 6.92 Å². The van der Waals surface area contributed by atoms with Gasteiger partial charge >= 0.3 is 0 Å². The van der Waals surface area contributed by atoms with Crippen molar-refractivity contribution in [3.8, 4) is 0 Å². The highest BCUT2D eigenvalue weighted by Gasteiger charge is 2.35. The molecule has 2 heterocycles. The smallest absolute Gasteiger partial charge is 0.261 e. The summed E-state index contributed by atoms with van der Waals surface area (Å²) in [5.41, 5.74) is 5.47. The fourth-order valence-corrected chi connectivity index (χ4v) is 4.23. The maximum atomic E-state index is 12.7. The van der Waals surface area contributed by atoms with Crippen LogP contribution >= 0.6 is 0 Å². The average molecular weight is 389 g/mol. The summed E-state index contributed by atoms with van der Waals surface area (Å²) in [5, 5.41) is 0. The number of carbonyl (C=O) groups is 2. The molecule has 0 spiro atoms. The Morgan fingerprint density at radius 2 is 1.59 bits per heavy atom. The summed E-state index contributed by atoms with van der Waals surface area (Å²) in [7, 11) is 0. The molecule has 0 unspecified atom stereocenters. The van der Waals surface area contributed by atoms with E-state index >= 15 is 0 Å². The molecular weight excluding hydrogens is 362 g/mol. The minimum absolute atomic E-state index is 0.206. The van der Waals surface area contributed by atoms with Crippen molar-refractivity contribution in [2.45, 2.75) is 20.4 Å². The van der Waals surface area contributed by atoms with Gasteiger partial charge in [0, 0.05) is 38.4 Å². The van der Waals surface area contributed by atoms with Crippen molar-refractivity contribution in [1.82, 2.24) is 9.80 Å². The number of hydrogen-bond donors (Lipinski definition) is 0. The number of piperazine rings is 1. The second kappa shape index (κ2) is 7.84. The van der Waals surface area contributed by atoms with Crippen molar-refractivity contribution in [3.63, 3.8) is 0 Å². The van der Waals surface area contributed by atoms with Gasteiger partial charge in [-0.2, -0.15) is 0 Å². The Morgan fingerprint density at radius 1 is 0.966 bits per heavy atom. The van der Waals surface area contributed by atoms with E-state index in [-0.39, 0.29) is 11.8 Å². The molecule has 0 N–H and O–H groups in total. The van der Waals surface area contributed by atoms with Crippen molar-refractivity contribution in [2.24, 2.45) is 0 Å². The molecule has 0 bridgehead atoms. The standard InChI is InChI=1S/C24H27N3O2/c1-17(2)15-25-8-10-26(11-9-25)20-13-18(3)12-19(14-20)16-27-23(28)21-6-4-5-7-22(21)24(27)29/h4-7,12-14H,1,8-11,15-16H2,2-3H3. The van der Waals surface area contributed by atoms with Crippen molar-refractivity contribution in [3.05, 3.63) is 76.9 Å². The summed E-state index contributed by atoms with van der Waals surface area (Å²) in [6, 6.07) is 13.4. The van der Waals surface area contributed by atoms with Crippen LogP contribution in [-0.4, -0.2) is 54.3 Å². The molecule has 4 rings (SSSR count). The van der Waals surface area contributed by atoms with E-state index in [1.54, 1.807) is 24.3 Å². The number of aryl methyl sites for hydroxylation is 1. The van der Waals surface area contributed by atoms with Gasteiger partial charge in [-0.15, -0.1) is 0 Å². The zero-order valence-corrected chi connectivity index (χ0v) is 17.1. The Balaban J connectivity index is 1.49. The lowest BCUT2D eigenvalue weighted by atomic mass is 10.1. The molecule has 5 nitrogen and oxygen atoms in total. The van der Waals surface area contributed by atoms with E-state index in [1.807, 2.05) is 0 Å². The topological polar surface area (TPSA) is 43.9 Å². The molecule has 0 aliphatic carbocycles. The molecule has 0 aromatic heterocycles. The van der Waals surface area contributed by atoms with Crippen LogP contribution in [0.3, 0.4) is 0 Å². The highest BCUT2D eigenvalue weighted by Crippen LogP contribution is 2.27. The lowest BCUT2D eigenvalue weighted by Crippen LogP contribution is -2.46. The van der Waals surface area contributed by atoms with Crippen molar-refractivity contribution >= 4 is 17.5 Å². The summed E-state index contributed by atoms with van der Waals surface area (Å²) in [6.45, 7) is 13.3. The Morgan fingerprint density at radius 3 is 2.17 bits per heavy atom. The zero-order chi connectivity index (χ0) is 20.5. The van der Waals surface area contributed by atoms with Gasteiger partial charge < -0.3 is 4.90 Å². The van der Waals surface area contributed by atoms with Crippen LogP contribution in [0.5, 0.6) is 0 Å². The summed E-state index contributed by atoms with van der Waals surface area (Å²) >= 11 is 0. The molecule has 0 atom stereocenters. The monoisotopic (exact) mass is 389 g/mol. The van der Waals surface area contributed by atoms with Crippen molar-refractivity contribution in [1.29, 1.82) is 0 Å². The number of hydrogen-bond acceptors (Lipinski definition) is 4. The zero-order valence-electron chi connectivity index (χ0n) is 17.1.